The number of nitrogens with zero attached hydrogens (tertiary/aromatic N) is 1. The minimum Gasteiger partial charge on any atom is -0.387 e. The topological polar surface area (TPSA) is 23.5 Å². The summed E-state index contributed by atoms with van der Waals surface area (Å²) in [6.45, 7) is 6.14. The second-order valence-electron chi connectivity index (χ2n) is 5.55. The predicted molar refractivity (Wildman–Crippen MR) is 70.8 cm³/mol. The van der Waals surface area contributed by atoms with Gasteiger partial charge in [-0.25, -0.2) is 4.39 Å². The number of hydrogen-bond donors (Lipinski definition) is 1. The average molecular weight is 251 g/mol. The van der Waals surface area contributed by atoms with Crippen molar-refractivity contribution in [1.82, 2.24) is 4.90 Å². The van der Waals surface area contributed by atoms with Crippen molar-refractivity contribution < 1.29 is 9.50 Å². The molecule has 3 atom stereocenters. The van der Waals surface area contributed by atoms with E-state index in [1.165, 1.54) is 25.0 Å². The lowest BCUT2D eigenvalue weighted by Crippen LogP contribution is -2.43. The van der Waals surface area contributed by atoms with Gasteiger partial charge in [0.1, 0.15) is 5.82 Å². The highest BCUT2D eigenvalue weighted by Crippen LogP contribution is 2.24. The van der Waals surface area contributed by atoms with E-state index in [-0.39, 0.29) is 5.82 Å². The van der Waals surface area contributed by atoms with Gasteiger partial charge in [-0.15, -0.1) is 0 Å². The van der Waals surface area contributed by atoms with Gasteiger partial charge in [0.15, 0.2) is 0 Å². The van der Waals surface area contributed by atoms with Gasteiger partial charge >= 0.3 is 0 Å². The van der Waals surface area contributed by atoms with Crippen LogP contribution in [0.1, 0.15) is 38.4 Å². The van der Waals surface area contributed by atoms with Crippen molar-refractivity contribution in [3.8, 4) is 0 Å². The predicted octanol–water partition coefficient (Wildman–Crippen LogP) is 2.98. The lowest BCUT2D eigenvalue weighted by atomic mass is 9.94. The van der Waals surface area contributed by atoms with Crippen LogP contribution < -0.4 is 0 Å². The van der Waals surface area contributed by atoms with Gasteiger partial charge in [-0.1, -0.05) is 19.1 Å². The smallest absolute Gasteiger partial charge is 0.123 e. The summed E-state index contributed by atoms with van der Waals surface area (Å²) in [5.74, 6) is 0.438. The SMILES string of the molecule is CC1CCC(C)N(CC(O)c2ccc(F)cc2)C1. The molecule has 1 aromatic rings. The molecular formula is C15H22FNO. The molecular weight excluding hydrogens is 229 g/mol. The molecule has 0 spiro atoms. The first kappa shape index (κ1) is 13.5. The van der Waals surface area contributed by atoms with Crippen LogP contribution in [0.5, 0.6) is 0 Å². The Morgan fingerprint density at radius 2 is 1.94 bits per heavy atom. The molecule has 1 aliphatic rings. The Morgan fingerprint density at radius 1 is 1.28 bits per heavy atom. The Labute approximate surface area is 108 Å². The average Bonchev–Trinajstić information content (AvgIpc) is 2.34. The molecule has 1 fully saturated rings. The van der Waals surface area contributed by atoms with Crippen molar-refractivity contribution in [3.63, 3.8) is 0 Å². The standard InChI is InChI=1S/C15H22FNO/c1-11-3-4-12(2)17(9-11)10-15(18)13-5-7-14(16)8-6-13/h5-8,11-12,15,18H,3-4,9-10H2,1-2H3. The number of piperidine rings is 1. The molecule has 1 N–H and O–H groups in total. The van der Waals surface area contributed by atoms with E-state index >= 15 is 0 Å². The highest BCUT2D eigenvalue weighted by atomic mass is 19.1. The fourth-order valence-electron chi connectivity index (χ4n) is 2.65. The van der Waals surface area contributed by atoms with Gasteiger partial charge in [-0.05, 0) is 43.4 Å². The summed E-state index contributed by atoms with van der Waals surface area (Å²) in [4.78, 5) is 2.34. The van der Waals surface area contributed by atoms with Crippen molar-refractivity contribution in [2.45, 2.75) is 38.8 Å². The zero-order valence-electron chi connectivity index (χ0n) is 11.1. The number of hydrogen-bond acceptors (Lipinski definition) is 2. The van der Waals surface area contributed by atoms with E-state index in [4.69, 9.17) is 0 Å². The first-order valence-electron chi connectivity index (χ1n) is 6.74. The molecule has 3 unspecified atom stereocenters. The number of aliphatic hydroxyl groups excluding tert-OH is 1. The summed E-state index contributed by atoms with van der Waals surface area (Å²) in [6, 6.07) is 6.66. The zero-order valence-corrected chi connectivity index (χ0v) is 11.1. The van der Waals surface area contributed by atoms with Crippen LogP contribution in [0.15, 0.2) is 24.3 Å². The highest BCUT2D eigenvalue weighted by Gasteiger charge is 2.24. The van der Waals surface area contributed by atoms with Crippen LogP contribution in [-0.4, -0.2) is 29.1 Å². The maximum Gasteiger partial charge on any atom is 0.123 e. The molecule has 1 aromatic carbocycles. The summed E-state index contributed by atoms with van der Waals surface area (Å²) in [5.41, 5.74) is 0.793. The molecule has 2 nitrogen and oxygen atoms in total. The molecule has 0 amide bonds. The van der Waals surface area contributed by atoms with Gasteiger partial charge in [0.25, 0.3) is 0 Å². The van der Waals surface area contributed by atoms with Crippen LogP contribution in [0, 0.1) is 11.7 Å². The molecule has 1 saturated heterocycles. The number of benzene rings is 1. The third kappa shape index (κ3) is 3.30. The van der Waals surface area contributed by atoms with Crippen LogP contribution in [0.4, 0.5) is 4.39 Å². The van der Waals surface area contributed by atoms with Crippen LogP contribution in [0.25, 0.3) is 0 Å². The maximum absolute atomic E-state index is 12.8. The minimum absolute atomic E-state index is 0.258. The van der Waals surface area contributed by atoms with Crippen molar-refractivity contribution in [3.05, 3.63) is 35.6 Å². The third-order valence-corrected chi connectivity index (χ3v) is 3.91. The van der Waals surface area contributed by atoms with Gasteiger partial charge in [0.2, 0.25) is 0 Å². The highest BCUT2D eigenvalue weighted by molar-refractivity contribution is 5.18. The van der Waals surface area contributed by atoms with Crippen LogP contribution in [-0.2, 0) is 0 Å². The summed E-state index contributed by atoms with van der Waals surface area (Å²) >= 11 is 0. The van der Waals surface area contributed by atoms with Crippen molar-refractivity contribution in [2.75, 3.05) is 13.1 Å². The second kappa shape index (κ2) is 5.81. The van der Waals surface area contributed by atoms with E-state index in [1.54, 1.807) is 12.1 Å². The van der Waals surface area contributed by atoms with Gasteiger partial charge in [-0.2, -0.15) is 0 Å². The maximum atomic E-state index is 12.8. The Bertz CT molecular complexity index is 379. The summed E-state index contributed by atoms with van der Waals surface area (Å²) < 4.78 is 12.8. The number of rotatable bonds is 3. The molecule has 0 radical (unpaired) electrons. The second-order valence-corrected chi connectivity index (χ2v) is 5.55. The molecule has 100 valence electrons. The Morgan fingerprint density at radius 3 is 2.61 bits per heavy atom. The molecule has 0 aromatic heterocycles. The quantitative estimate of drug-likeness (QED) is 0.892. The van der Waals surface area contributed by atoms with Crippen molar-refractivity contribution >= 4 is 0 Å². The van der Waals surface area contributed by atoms with Crippen LogP contribution in [0.2, 0.25) is 0 Å². The van der Waals surface area contributed by atoms with E-state index in [0.717, 1.165) is 12.1 Å². The summed E-state index contributed by atoms with van der Waals surface area (Å²) in [5, 5.41) is 10.2. The van der Waals surface area contributed by atoms with Crippen LogP contribution >= 0.6 is 0 Å². The molecule has 3 heteroatoms. The Balaban J connectivity index is 1.97. The number of halogens is 1. The lowest BCUT2D eigenvalue weighted by molar-refractivity contribution is 0.0568. The minimum atomic E-state index is -0.529. The molecule has 1 heterocycles. The number of likely N-dealkylation sites (tertiary alicyclic amines) is 1. The van der Waals surface area contributed by atoms with Gasteiger partial charge in [-0.3, -0.25) is 4.90 Å². The molecule has 0 saturated carbocycles. The van der Waals surface area contributed by atoms with E-state index < -0.39 is 6.10 Å². The lowest BCUT2D eigenvalue weighted by Gasteiger charge is -2.37. The monoisotopic (exact) mass is 251 g/mol. The van der Waals surface area contributed by atoms with E-state index in [0.29, 0.717) is 18.5 Å². The van der Waals surface area contributed by atoms with Gasteiger partial charge in [0.05, 0.1) is 6.10 Å². The molecule has 18 heavy (non-hydrogen) atoms. The van der Waals surface area contributed by atoms with Crippen molar-refractivity contribution in [2.24, 2.45) is 5.92 Å². The fraction of sp³-hybridized carbons (Fsp3) is 0.600. The van der Waals surface area contributed by atoms with Crippen molar-refractivity contribution in [1.29, 1.82) is 0 Å². The number of β-amino-alcohol motifs (C(OH)–C–C–N with tert-alkyl or cyclic N) is 1. The third-order valence-electron chi connectivity index (χ3n) is 3.91. The zero-order chi connectivity index (χ0) is 13.1. The van der Waals surface area contributed by atoms with Gasteiger partial charge < -0.3 is 5.11 Å². The number of aliphatic hydroxyl groups is 1. The van der Waals surface area contributed by atoms with Crippen LogP contribution in [0.3, 0.4) is 0 Å². The molecule has 2 rings (SSSR count). The Hall–Kier alpha value is -0.930. The largest absolute Gasteiger partial charge is 0.387 e. The summed E-state index contributed by atoms with van der Waals surface area (Å²) in [6.07, 6.45) is 1.93. The van der Waals surface area contributed by atoms with E-state index in [9.17, 15) is 9.50 Å². The normalized spacial score (nSPS) is 27.1. The first-order chi connectivity index (χ1) is 8.56. The van der Waals surface area contributed by atoms with Gasteiger partial charge in [0, 0.05) is 19.1 Å². The molecule has 0 bridgehead atoms. The molecule has 0 aliphatic carbocycles. The summed E-state index contributed by atoms with van der Waals surface area (Å²) in [7, 11) is 0. The van der Waals surface area contributed by atoms with E-state index in [2.05, 4.69) is 18.7 Å². The first-order valence-corrected chi connectivity index (χ1v) is 6.74. The Kier molecular flexibility index (Phi) is 4.36. The fourth-order valence-corrected chi connectivity index (χ4v) is 2.65. The van der Waals surface area contributed by atoms with E-state index in [1.807, 2.05) is 0 Å². The molecule has 1 aliphatic heterocycles.